The number of rotatable bonds is 4. The lowest BCUT2D eigenvalue weighted by molar-refractivity contribution is 0.674. The zero-order valence-corrected chi connectivity index (χ0v) is 10.6. The molecule has 2 rings (SSSR count). The molecule has 0 radical (unpaired) electrons. The zero-order chi connectivity index (χ0) is 11.5. The first-order valence-electron chi connectivity index (χ1n) is 5.26. The van der Waals surface area contributed by atoms with Crippen molar-refractivity contribution in [3.05, 3.63) is 33.5 Å². The SMILES string of the molecule is Cc1nc(CNCc2cnn(C)c2C)cs1. The molecule has 0 atom stereocenters. The van der Waals surface area contributed by atoms with Crippen molar-refractivity contribution in [3.63, 3.8) is 0 Å². The van der Waals surface area contributed by atoms with Gasteiger partial charge in [-0.05, 0) is 13.8 Å². The van der Waals surface area contributed by atoms with E-state index in [0.29, 0.717) is 0 Å². The molecule has 0 fully saturated rings. The van der Waals surface area contributed by atoms with Gasteiger partial charge in [-0.2, -0.15) is 5.10 Å². The molecule has 1 N–H and O–H groups in total. The maximum atomic E-state index is 4.40. The molecule has 0 saturated heterocycles. The fourth-order valence-electron chi connectivity index (χ4n) is 1.53. The van der Waals surface area contributed by atoms with Gasteiger partial charge in [0.15, 0.2) is 0 Å². The van der Waals surface area contributed by atoms with E-state index in [1.165, 1.54) is 11.3 Å². The summed E-state index contributed by atoms with van der Waals surface area (Å²) in [6, 6.07) is 0. The van der Waals surface area contributed by atoms with Crippen LogP contribution in [0.3, 0.4) is 0 Å². The number of thiazole rings is 1. The van der Waals surface area contributed by atoms with Crippen LogP contribution in [-0.4, -0.2) is 14.8 Å². The van der Waals surface area contributed by atoms with Crippen LogP contribution in [0.25, 0.3) is 0 Å². The highest BCUT2D eigenvalue weighted by Gasteiger charge is 2.03. The van der Waals surface area contributed by atoms with Gasteiger partial charge in [-0.25, -0.2) is 4.98 Å². The molecule has 86 valence electrons. The smallest absolute Gasteiger partial charge is 0.0897 e. The fourth-order valence-corrected chi connectivity index (χ4v) is 2.14. The second-order valence-corrected chi connectivity index (χ2v) is 4.90. The minimum absolute atomic E-state index is 0.818. The number of aryl methyl sites for hydroxylation is 2. The van der Waals surface area contributed by atoms with E-state index in [2.05, 4.69) is 27.7 Å². The molecule has 0 amide bonds. The van der Waals surface area contributed by atoms with E-state index >= 15 is 0 Å². The predicted molar refractivity (Wildman–Crippen MR) is 65.3 cm³/mol. The minimum Gasteiger partial charge on any atom is -0.307 e. The Kier molecular flexibility index (Phi) is 3.36. The first-order valence-corrected chi connectivity index (χ1v) is 6.14. The van der Waals surface area contributed by atoms with Crippen LogP contribution >= 0.6 is 11.3 Å². The lowest BCUT2D eigenvalue weighted by Gasteiger charge is -2.02. The highest BCUT2D eigenvalue weighted by atomic mass is 32.1. The van der Waals surface area contributed by atoms with Crippen LogP contribution in [0.4, 0.5) is 0 Å². The Bertz CT molecular complexity index is 472. The third-order valence-electron chi connectivity index (χ3n) is 2.63. The quantitative estimate of drug-likeness (QED) is 0.880. The molecule has 2 aromatic rings. The first kappa shape index (κ1) is 11.3. The molecule has 0 saturated carbocycles. The number of hydrogen-bond acceptors (Lipinski definition) is 4. The topological polar surface area (TPSA) is 42.7 Å². The number of hydrogen-bond donors (Lipinski definition) is 1. The van der Waals surface area contributed by atoms with E-state index in [9.17, 15) is 0 Å². The largest absolute Gasteiger partial charge is 0.307 e. The Labute approximate surface area is 99.3 Å². The molecule has 0 aromatic carbocycles. The van der Waals surface area contributed by atoms with E-state index in [1.807, 2.05) is 24.9 Å². The lowest BCUT2D eigenvalue weighted by Crippen LogP contribution is -2.13. The molecule has 0 aliphatic heterocycles. The van der Waals surface area contributed by atoms with Crippen LogP contribution < -0.4 is 5.32 Å². The summed E-state index contributed by atoms with van der Waals surface area (Å²) in [6.45, 7) is 5.77. The van der Waals surface area contributed by atoms with Crippen molar-refractivity contribution in [2.75, 3.05) is 0 Å². The maximum Gasteiger partial charge on any atom is 0.0897 e. The molecule has 4 nitrogen and oxygen atoms in total. The van der Waals surface area contributed by atoms with Crippen molar-refractivity contribution >= 4 is 11.3 Å². The predicted octanol–water partition coefficient (Wildman–Crippen LogP) is 1.78. The number of nitrogens with zero attached hydrogens (tertiary/aromatic N) is 3. The van der Waals surface area contributed by atoms with Crippen molar-refractivity contribution in [1.29, 1.82) is 0 Å². The minimum atomic E-state index is 0.818. The Balaban J connectivity index is 1.86. The van der Waals surface area contributed by atoms with Gasteiger partial charge in [0.2, 0.25) is 0 Å². The van der Waals surface area contributed by atoms with Gasteiger partial charge in [-0.3, -0.25) is 4.68 Å². The van der Waals surface area contributed by atoms with Gasteiger partial charge < -0.3 is 5.32 Å². The summed E-state index contributed by atoms with van der Waals surface area (Å²) < 4.78 is 1.89. The Morgan fingerprint density at radius 2 is 2.19 bits per heavy atom. The van der Waals surface area contributed by atoms with Crippen molar-refractivity contribution in [2.45, 2.75) is 26.9 Å². The summed E-state index contributed by atoms with van der Waals surface area (Å²) in [5.74, 6) is 0. The van der Waals surface area contributed by atoms with Crippen molar-refractivity contribution < 1.29 is 0 Å². The highest BCUT2D eigenvalue weighted by Crippen LogP contribution is 2.08. The van der Waals surface area contributed by atoms with E-state index in [-0.39, 0.29) is 0 Å². The standard InChI is InChI=1S/C11H16N4S/c1-8-10(5-13-15(8)3)4-12-6-11-7-16-9(2)14-11/h5,7,12H,4,6H2,1-3H3. The summed E-state index contributed by atoms with van der Waals surface area (Å²) in [6.07, 6.45) is 1.91. The molecule has 0 spiro atoms. The number of aromatic nitrogens is 3. The van der Waals surface area contributed by atoms with Crippen LogP contribution in [0.1, 0.15) is 22.0 Å². The van der Waals surface area contributed by atoms with Gasteiger partial charge in [-0.1, -0.05) is 0 Å². The van der Waals surface area contributed by atoms with Crippen molar-refractivity contribution in [3.8, 4) is 0 Å². The number of nitrogens with one attached hydrogen (secondary N) is 1. The van der Waals surface area contributed by atoms with Gasteiger partial charge in [0.05, 0.1) is 16.9 Å². The van der Waals surface area contributed by atoms with E-state index in [4.69, 9.17) is 0 Å². The molecular formula is C11H16N4S. The van der Waals surface area contributed by atoms with Gasteiger partial charge >= 0.3 is 0 Å². The molecule has 0 aliphatic rings. The Morgan fingerprint density at radius 3 is 2.75 bits per heavy atom. The Hall–Kier alpha value is -1.20. The summed E-state index contributed by atoms with van der Waals surface area (Å²) >= 11 is 1.69. The van der Waals surface area contributed by atoms with E-state index in [1.54, 1.807) is 11.3 Å². The van der Waals surface area contributed by atoms with Crippen LogP contribution in [0.15, 0.2) is 11.6 Å². The van der Waals surface area contributed by atoms with Crippen molar-refractivity contribution in [2.24, 2.45) is 7.05 Å². The summed E-state index contributed by atoms with van der Waals surface area (Å²) in [4.78, 5) is 4.40. The summed E-state index contributed by atoms with van der Waals surface area (Å²) in [7, 11) is 1.96. The average molecular weight is 236 g/mol. The molecule has 0 aliphatic carbocycles. The van der Waals surface area contributed by atoms with Gasteiger partial charge in [0.1, 0.15) is 0 Å². The molecule has 0 bridgehead atoms. The normalized spacial score (nSPS) is 10.9. The van der Waals surface area contributed by atoms with Gasteiger partial charge in [0.25, 0.3) is 0 Å². The van der Waals surface area contributed by atoms with Crippen LogP contribution in [0.2, 0.25) is 0 Å². The molecule has 2 heterocycles. The molecule has 5 heteroatoms. The van der Waals surface area contributed by atoms with E-state index in [0.717, 1.165) is 23.8 Å². The first-order chi connectivity index (χ1) is 7.66. The highest BCUT2D eigenvalue weighted by molar-refractivity contribution is 7.09. The Morgan fingerprint density at radius 1 is 1.38 bits per heavy atom. The zero-order valence-electron chi connectivity index (χ0n) is 9.82. The van der Waals surface area contributed by atoms with Crippen LogP contribution in [-0.2, 0) is 20.1 Å². The average Bonchev–Trinajstić information content (AvgIpc) is 2.79. The van der Waals surface area contributed by atoms with E-state index < -0.39 is 0 Å². The van der Waals surface area contributed by atoms with Crippen molar-refractivity contribution in [1.82, 2.24) is 20.1 Å². The van der Waals surface area contributed by atoms with Gasteiger partial charge in [-0.15, -0.1) is 11.3 Å². The van der Waals surface area contributed by atoms with Crippen LogP contribution in [0, 0.1) is 13.8 Å². The third kappa shape index (κ3) is 2.48. The molecular weight excluding hydrogens is 220 g/mol. The lowest BCUT2D eigenvalue weighted by atomic mass is 10.2. The monoisotopic (exact) mass is 236 g/mol. The summed E-state index contributed by atoms with van der Waals surface area (Å²) in [5, 5.41) is 10.8. The van der Waals surface area contributed by atoms with Crippen LogP contribution in [0.5, 0.6) is 0 Å². The molecule has 16 heavy (non-hydrogen) atoms. The molecule has 2 aromatic heterocycles. The maximum absolute atomic E-state index is 4.40. The fraction of sp³-hybridized carbons (Fsp3) is 0.455. The summed E-state index contributed by atoms with van der Waals surface area (Å²) in [5.41, 5.74) is 3.57. The van der Waals surface area contributed by atoms with Gasteiger partial charge in [0, 0.05) is 36.8 Å². The molecule has 0 unspecified atom stereocenters. The second kappa shape index (κ2) is 4.76. The third-order valence-corrected chi connectivity index (χ3v) is 3.45. The second-order valence-electron chi connectivity index (χ2n) is 3.84.